The van der Waals surface area contributed by atoms with Gasteiger partial charge in [0, 0.05) is 30.8 Å². The Balaban J connectivity index is 0.000000355. The number of rotatable bonds is 7. The number of carboxylic acid groups (broad SMARTS) is 2. The molecule has 1 aliphatic carbocycles. The number of hydrogen-bond donors (Lipinski definition) is 2. The van der Waals surface area contributed by atoms with Crippen LogP contribution in [0.15, 0.2) is 91.0 Å². The van der Waals surface area contributed by atoms with E-state index in [4.69, 9.17) is 14.9 Å². The predicted octanol–water partition coefficient (Wildman–Crippen LogP) is 5.84. The molecule has 0 aromatic heterocycles. The highest BCUT2D eigenvalue weighted by molar-refractivity contribution is 5.89. The van der Waals surface area contributed by atoms with Crippen molar-refractivity contribution < 1.29 is 24.5 Å². The molecule has 3 aromatic rings. The van der Waals surface area contributed by atoms with Crippen LogP contribution in [-0.2, 0) is 33.6 Å². The zero-order valence-electron chi connectivity index (χ0n) is 22.7. The summed E-state index contributed by atoms with van der Waals surface area (Å²) in [5.74, 6) is -2.51. The lowest BCUT2D eigenvalue weighted by atomic mass is 9.94. The van der Waals surface area contributed by atoms with Crippen molar-refractivity contribution in [1.82, 2.24) is 4.90 Å². The van der Waals surface area contributed by atoms with Crippen LogP contribution in [0.25, 0.3) is 0 Å². The van der Waals surface area contributed by atoms with Crippen molar-refractivity contribution in [3.63, 3.8) is 0 Å². The van der Waals surface area contributed by atoms with Gasteiger partial charge in [-0.1, -0.05) is 78.9 Å². The number of hydrogen-bond acceptors (Lipinski definition) is 4. The molecular formula is C34H37NO5. The lowest BCUT2D eigenvalue weighted by Crippen LogP contribution is -2.46. The van der Waals surface area contributed by atoms with Gasteiger partial charge >= 0.3 is 11.9 Å². The Bertz CT molecular complexity index is 1260. The van der Waals surface area contributed by atoms with Crippen molar-refractivity contribution in [1.29, 1.82) is 0 Å². The number of carboxylic acids is 2. The summed E-state index contributed by atoms with van der Waals surface area (Å²) in [6.07, 6.45) is 9.92. The third kappa shape index (κ3) is 6.87. The number of ether oxygens (including phenoxy) is 1. The minimum absolute atomic E-state index is 0.0742. The van der Waals surface area contributed by atoms with Crippen molar-refractivity contribution >= 4 is 11.9 Å². The monoisotopic (exact) mass is 539 g/mol. The highest BCUT2D eigenvalue weighted by atomic mass is 16.5. The Kier molecular flexibility index (Phi) is 9.09. The first-order chi connectivity index (χ1) is 19.5. The second-order valence-corrected chi connectivity index (χ2v) is 10.9. The molecule has 2 heterocycles. The Morgan fingerprint density at radius 2 is 1.25 bits per heavy atom. The fourth-order valence-electron chi connectivity index (χ4n) is 6.56. The minimum Gasteiger partial charge on any atom is -0.478 e. The van der Waals surface area contributed by atoms with Gasteiger partial charge in [-0.05, 0) is 72.8 Å². The normalized spacial score (nSPS) is 22.1. The zero-order valence-corrected chi connectivity index (χ0v) is 22.7. The third-order valence-corrected chi connectivity index (χ3v) is 8.38. The maximum absolute atomic E-state index is 9.55. The summed E-state index contributed by atoms with van der Waals surface area (Å²) in [5.41, 5.74) is 7.14. The number of carbonyl (C=O) groups is 2. The van der Waals surface area contributed by atoms with Crippen molar-refractivity contribution in [2.24, 2.45) is 0 Å². The van der Waals surface area contributed by atoms with Gasteiger partial charge in [0.05, 0.1) is 6.10 Å². The number of fused-ring (bicyclic) bond motifs is 4. The average Bonchev–Trinajstić information content (AvgIpc) is 3.12. The van der Waals surface area contributed by atoms with Crippen LogP contribution in [0, 0.1) is 0 Å². The topological polar surface area (TPSA) is 87.1 Å². The largest absolute Gasteiger partial charge is 0.478 e. The van der Waals surface area contributed by atoms with Gasteiger partial charge in [-0.2, -0.15) is 0 Å². The quantitative estimate of drug-likeness (QED) is 0.367. The molecule has 3 aromatic carbocycles. The van der Waals surface area contributed by atoms with E-state index in [1.807, 2.05) is 0 Å². The number of aryl methyl sites for hydroxylation is 2. The molecule has 2 saturated heterocycles. The summed E-state index contributed by atoms with van der Waals surface area (Å²) >= 11 is 0. The highest BCUT2D eigenvalue weighted by Gasteiger charge is 2.42. The van der Waals surface area contributed by atoms with Gasteiger partial charge in [0.25, 0.3) is 0 Å². The zero-order chi connectivity index (χ0) is 27.9. The summed E-state index contributed by atoms with van der Waals surface area (Å²) in [7, 11) is 0. The summed E-state index contributed by atoms with van der Waals surface area (Å²) in [4.78, 5) is 21.9. The smallest absolute Gasteiger partial charge is 0.328 e. The van der Waals surface area contributed by atoms with E-state index in [0.717, 1.165) is 19.3 Å². The molecule has 40 heavy (non-hydrogen) atoms. The van der Waals surface area contributed by atoms with Crippen LogP contribution in [0.4, 0.5) is 0 Å². The standard InChI is InChI=1S/C30H33NO.C4H4O4/c1-2-8-22(9-3-1)18-19-31-25-16-17-26(31)21-27(20-25)32-30-28-12-6-4-10-23(28)14-15-24-11-5-7-13-29(24)30;5-3(6)1-2-4(7)8/h1-13,25-27,30H,14-21H2;1-2H,(H,5,6)(H,7,8)/b;2-1-/t25-,26+,27?;. The Morgan fingerprint density at radius 1 is 0.750 bits per heavy atom. The first-order valence-corrected chi connectivity index (χ1v) is 14.2. The molecule has 3 atom stereocenters. The molecule has 0 amide bonds. The van der Waals surface area contributed by atoms with Gasteiger partial charge in [0.2, 0.25) is 0 Å². The van der Waals surface area contributed by atoms with Crippen molar-refractivity contribution in [3.05, 3.63) is 119 Å². The number of aliphatic carboxylic acids is 2. The number of benzene rings is 3. The van der Waals surface area contributed by atoms with Gasteiger partial charge in [-0.3, -0.25) is 4.90 Å². The molecule has 2 N–H and O–H groups in total. The summed E-state index contributed by atoms with van der Waals surface area (Å²) in [6, 6.07) is 30.2. The summed E-state index contributed by atoms with van der Waals surface area (Å²) < 4.78 is 7.03. The van der Waals surface area contributed by atoms with Gasteiger partial charge in [0.15, 0.2) is 0 Å². The Labute approximate surface area is 235 Å². The van der Waals surface area contributed by atoms with E-state index in [0.29, 0.717) is 30.3 Å². The van der Waals surface area contributed by atoms with E-state index in [9.17, 15) is 9.59 Å². The molecule has 2 bridgehead atoms. The van der Waals surface area contributed by atoms with Crippen LogP contribution in [0.3, 0.4) is 0 Å². The molecular weight excluding hydrogens is 502 g/mol. The molecule has 0 saturated carbocycles. The second-order valence-electron chi connectivity index (χ2n) is 10.9. The van der Waals surface area contributed by atoms with E-state index in [1.54, 1.807) is 0 Å². The average molecular weight is 540 g/mol. The van der Waals surface area contributed by atoms with Crippen LogP contribution < -0.4 is 0 Å². The van der Waals surface area contributed by atoms with Gasteiger partial charge in [-0.15, -0.1) is 0 Å². The van der Waals surface area contributed by atoms with Crippen LogP contribution >= 0.6 is 0 Å². The second kappa shape index (κ2) is 13.1. The van der Waals surface area contributed by atoms with Gasteiger partial charge < -0.3 is 14.9 Å². The molecule has 2 fully saturated rings. The maximum atomic E-state index is 9.55. The molecule has 2 aliphatic heterocycles. The molecule has 0 radical (unpaired) electrons. The van der Waals surface area contributed by atoms with E-state index >= 15 is 0 Å². The van der Waals surface area contributed by atoms with Crippen LogP contribution in [0.2, 0.25) is 0 Å². The lowest BCUT2D eigenvalue weighted by molar-refractivity contribution is -0.134. The highest BCUT2D eigenvalue weighted by Crippen LogP contribution is 2.42. The first-order valence-electron chi connectivity index (χ1n) is 14.2. The van der Waals surface area contributed by atoms with Crippen molar-refractivity contribution in [2.75, 3.05) is 6.54 Å². The third-order valence-electron chi connectivity index (χ3n) is 8.38. The number of piperidine rings is 1. The van der Waals surface area contributed by atoms with Crippen LogP contribution in [-0.4, -0.2) is 51.8 Å². The predicted molar refractivity (Wildman–Crippen MR) is 154 cm³/mol. The molecule has 6 heteroatoms. The maximum Gasteiger partial charge on any atom is 0.328 e. The van der Waals surface area contributed by atoms with E-state index in [-0.39, 0.29) is 6.10 Å². The fourth-order valence-corrected chi connectivity index (χ4v) is 6.56. The first kappa shape index (κ1) is 27.8. The molecule has 1 unspecified atom stereocenters. The number of nitrogens with zero attached hydrogens (tertiary/aromatic N) is 1. The molecule has 208 valence electrons. The minimum atomic E-state index is -1.26. The van der Waals surface area contributed by atoms with E-state index in [1.165, 1.54) is 60.0 Å². The molecule has 0 spiro atoms. The fraction of sp³-hybridized carbons (Fsp3) is 0.353. The van der Waals surface area contributed by atoms with Gasteiger partial charge in [-0.25, -0.2) is 9.59 Å². The summed E-state index contributed by atoms with van der Waals surface area (Å²) in [5, 5.41) is 15.6. The Morgan fingerprint density at radius 3 is 1.77 bits per heavy atom. The van der Waals surface area contributed by atoms with Gasteiger partial charge in [0.1, 0.15) is 6.10 Å². The SMILES string of the molecule is O=C(O)/C=C\C(=O)O.c1ccc(CCN2[C@@H]3CC[C@H]2CC(OC2c4ccccc4CCc4ccccc42)C3)cc1. The van der Waals surface area contributed by atoms with Crippen molar-refractivity contribution in [2.45, 2.75) is 69.2 Å². The Hall–Kier alpha value is -3.74. The van der Waals surface area contributed by atoms with Crippen molar-refractivity contribution in [3.8, 4) is 0 Å². The van der Waals surface area contributed by atoms with E-state index in [2.05, 4.69) is 83.8 Å². The molecule has 6 nitrogen and oxygen atoms in total. The molecule has 6 rings (SSSR count). The molecule has 3 aliphatic rings. The van der Waals surface area contributed by atoms with E-state index < -0.39 is 11.9 Å². The van der Waals surface area contributed by atoms with Crippen LogP contribution in [0.1, 0.15) is 59.6 Å². The van der Waals surface area contributed by atoms with Crippen LogP contribution in [0.5, 0.6) is 0 Å². The summed E-state index contributed by atoms with van der Waals surface area (Å²) in [6.45, 7) is 1.18. The lowest BCUT2D eigenvalue weighted by Gasteiger charge is -2.40.